The van der Waals surface area contributed by atoms with Crippen LogP contribution in [0.2, 0.25) is 0 Å². The van der Waals surface area contributed by atoms with Crippen LogP contribution in [0, 0.1) is 0 Å². The number of carbonyl (C=O) groups excluding carboxylic acids is 2. The van der Waals surface area contributed by atoms with Gasteiger partial charge in [-0.05, 0) is 39.0 Å². The normalized spacial score (nSPS) is 16.8. The summed E-state index contributed by atoms with van der Waals surface area (Å²) < 4.78 is 10.5. The molecule has 0 heterocycles. The molecule has 0 unspecified atom stereocenters. The smallest absolute Gasteiger partial charge is 0.407 e. The maximum absolute atomic E-state index is 11.9. The van der Waals surface area contributed by atoms with Gasteiger partial charge in [0.15, 0.2) is 0 Å². The van der Waals surface area contributed by atoms with Gasteiger partial charge in [0.05, 0.1) is 6.61 Å². The Morgan fingerprint density at radius 3 is 2.45 bits per heavy atom. The van der Waals surface area contributed by atoms with Crippen molar-refractivity contribution in [2.45, 2.75) is 90.2 Å². The Kier molecular flexibility index (Phi) is 9.67. The molecule has 1 aliphatic carbocycles. The van der Waals surface area contributed by atoms with Crippen LogP contribution in [0.5, 0.6) is 0 Å². The number of ether oxygens (including phenoxy) is 2. The minimum absolute atomic E-state index is 0.0140. The molecule has 1 rings (SSSR count). The van der Waals surface area contributed by atoms with Crippen molar-refractivity contribution < 1.29 is 19.1 Å². The highest BCUT2D eigenvalue weighted by Gasteiger charge is 2.23. The van der Waals surface area contributed by atoms with Crippen LogP contribution in [0.1, 0.15) is 78.1 Å². The maximum atomic E-state index is 11.9. The summed E-state index contributed by atoms with van der Waals surface area (Å²) in [7, 11) is 0. The van der Waals surface area contributed by atoms with Gasteiger partial charge < -0.3 is 14.8 Å². The Morgan fingerprint density at radius 2 is 1.77 bits per heavy atom. The summed E-state index contributed by atoms with van der Waals surface area (Å²) >= 11 is 0. The van der Waals surface area contributed by atoms with Crippen molar-refractivity contribution in [3.05, 3.63) is 0 Å². The minimum atomic E-state index is -0.658. The van der Waals surface area contributed by atoms with Crippen LogP contribution in [-0.2, 0) is 14.3 Å². The van der Waals surface area contributed by atoms with E-state index in [1.165, 1.54) is 25.7 Å². The van der Waals surface area contributed by atoms with Gasteiger partial charge >= 0.3 is 12.1 Å². The van der Waals surface area contributed by atoms with Crippen molar-refractivity contribution in [3.8, 4) is 0 Å². The third kappa shape index (κ3) is 8.25. The standard InChI is InChI=1S/C17H31NO4/c1-3-4-5-6-10-13-21-17(20)18-14(2)16(19)22-15-11-8-7-9-12-15/h14-15H,3-13H2,1-2H3,(H,18,20)/t14-/m0/s1. The van der Waals surface area contributed by atoms with E-state index in [1.54, 1.807) is 6.92 Å². The molecule has 5 heteroatoms. The van der Waals surface area contributed by atoms with Crippen LogP contribution >= 0.6 is 0 Å². The molecule has 22 heavy (non-hydrogen) atoms. The molecule has 1 fully saturated rings. The van der Waals surface area contributed by atoms with Gasteiger partial charge in [0.1, 0.15) is 12.1 Å². The lowest BCUT2D eigenvalue weighted by Gasteiger charge is -2.23. The average molecular weight is 313 g/mol. The van der Waals surface area contributed by atoms with Crippen molar-refractivity contribution in [1.82, 2.24) is 5.32 Å². The van der Waals surface area contributed by atoms with Crippen molar-refractivity contribution in [1.29, 1.82) is 0 Å². The summed E-state index contributed by atoms with van der Waals surface area (Å²) in [5.74, 6) is -0.369. The first-order valence-electron chi connectivity index (χ1n) is 8.77. The van der Waals surface area contributed by atoms with Gasteiger partial charge in [-0.3, -0.25) is 0 Å². The molecule has 0 aromatic rings. The van der Waals surface area contributed by atoms with Crippen LogP contribution in [0.4, 0.5) is 4.79 Å². The number of rotatable bonds is 9. The summed E-state index contributed by atoms with van der Waals surface area (Å²) in [4.78, 5) is 23.5. The molecule has 5 nitrogen and oxygen atoms in total. The second-order valence-corrected chi connectivity index (χ2v) is 6.11. The third-order valence-corrected chi connectivity index (χ3v) is 4.00. The number of nitrogens with one attached hydrogen (secondary N) is 1. The second kappa shape index (κ2) is 11.3. The van der Waals surface area contributed by atoms with Crippen LogP contribution < -0.4 is 5.32 Å². The van der Waals surface area contributed by atoms with E-state index < -0.39 is 12.1 Å². The van der Waals surface area contributed by atoms with Crippen LogP contribution in [0.15, 0.2) is 0 Å². The van der Waals surface area contributed by atoms with E-state index in [2.05, 4.69) is 12.2 Å². The monoisotopic (exact) mass is 313 g/mol. The van der Waals surface area contributed by atoms with Gasteiger partial charge in [-0.2, -0.15) is 0 Å². The molecule has 0 spiro atoms. The molecule has 128 valence electrons. The predicted molar refractivity (Wildman–Crippen MR) is 85.7 cm³/mol. The van der Waals surface area contributed by atoms with Crippen LogP contribution in [0.3, 0.4) is 0 Å². The molecule has 1 saturated carbocycles. The van der Waals surface area contributed by atoms with Crippen LogP contribution in [-0.4, -0.2) is 30.8 Å². The first-order valence-corrected chi connectivity index (χ1v) is 8.77. The fourth-order valence-electron chi connectivity index (χ4n) is 2.60. The molecular formula is C17H31NO4. The largest absolute Gasteiger partial charge is 0.461 e. The number of amides is 1. The Labute approximate surface area is 134 Å². The van der Waals surface area contributed by atoms with E-state index in [9.17, 15) is 9.59 Å². The fraction of sp³-hybridized carbons (Fsp3) is 0.882. The second-order valence-electron chi connectivity index (χ2n) is 6.11. The van der Waals surface area contributed by atoms with Crippen molar-refractivity contribution in [2.75, 3.05) is 6.61 Å². The number of esters is 1. The zero-order valence-electron chi connectivity index (χ0n) is 14.1. The number of hydrogen-bond acceptors (Lipinski definition) is 4. The molecule has 1 atom stereocenters. The molecule has 1 amide bonds. The highest BCUT2D eigenvalue weighted by Crippen LogP contribution is 2.20. The third-order valence-electron chi connectivity index (χ3n) is 4.00. The van der Waals surface area contributed by atoms with Crippen LogP contribution in [0.25, 0.3) is 0 Å². The molecule has 1 N–H and O–H groups in total. The molecule has 0 saturated heterocycles. The van der Waals surface area contributed by atoms with E-state index in [0.29, 0.717) is 6.61 Å². The molecule has 0 aliphatic heterocycles. The van der Waals surface area contributed by atoms with Gasteiger partial charge in [0.2, 0.25) is 0 Å². The van der Waals surface area contributed by atoms with Crippen molar-refractivity contribution >= 4 is 12.1 Å². The summed E-state index contributed by atoms with van der Waals surface area (Å²) in [6, 6.07) is -0.658. The highest BCUT2D eigenvalue weighted by atomic mass is 16.6. The molecular weight excluding hydrogens is 282 g/mol. The topological polar surface area (TPSA) is 64.6 Å². The van der Waals surface area contributed by atoms with Crippen molar-refractivity contribution in [3.63, 3.8) is 0 Å². The van der Waals surface area contributed by atoms with Crippen molar-refractivity contribution in [2.24, 2.45) is 0 Å². The Balaban J connectivity index is 2.10. The SMILES string of the molecule is CCCCCCCOC(=O)N[C@@H](C)C(=O)OC1CCCCC1. The van der Waals surface area contributed by atoms with E-state index >= 15 is 0 Å². The Bertz CT molecular complexity index is 327. The first-order chi connectivity index (χ1) is 10.6. The highest BCUT2D eigenvalue weighted by molar-refractivity contribution is 5.81. The Morgan fingerprint density at radius 1 is 1.09 bits per heavy atom. The summed E-state index contributed by atoms with van der Waals surface area (Å²) in [5.41, 5.74) is 0. The summed E-state index contributed by atoms with van der Waals surface area (Å²) in [5, 5.41) is 2.54. The van der Waals surface area contributed by atoms with Gasteiger partial charge in [-0.25, -0.2) is 9.59 Å². The molecule has 0 aromatic carbocycles. The number of alkyl carbamates (subject to hydrolysis) is 1. The molecule has 1 aliphatic rings. The molecule has 0 bridgehead atoms. The molecule has 0 aromatic heterocycles. The van der Waals surface area contributed by atoms with Gasteiger partial charge in [-0.15, -0.1) is 0 Å². The van der Waals surface area contributed by atoms with E-state index in [4.69, 9.17) is 9.47 Å². The van der Waals surface area contributed by atoms with E-state index in [-0.39, 0.29) is 12.1 Å². The summed E-state index contributed by atoms with van der Waals surface area (Å²) in [6.45, 7) is 4.20. The maximum Gasteiger partial charge on any atom is 0.407 e. The van der Waals surface area contributed by atoms with Gasteiger partial charge in [0, 0.05) is 0 Å². The first kappa shape index (κ1) is 18.8. The number of hydrogen-bond donors (Lipinski definition) is 1. The number of carbonyl (C=O) groups is 2. The fourth-order valence-corrected chi connectivity index (χ4v) is 2.60. The van der Waals surface area contributed by atoms with E-state index in [0.717, 1.165) is 38.5 Å². The minimum Gasteiger partial charge on any atom is -0.461 e. The van der Waals surface area contributed by atoms with Gasteiger partial charge in [-0.1, -0.05) is 39.0 Å². The zero-order chi connectivity index (χ0) is 16.2. The lowest BCUT2D eigenvalue weighted by Crippen LogP contribution is -2.41. The average Bonchev–Trinajstić information content (AvgIpc) is 2.51. The van der Waals surface area contributed by atoms with E-state index in [1.807, 2.05) is 0 Å². The van der Waals surface area contributed by atoms with Gasteiger partial charge in [0.25, 0.3) is 0 Å². The Hall–Kier alpha value is -1.26. The summed E-state index contributed by atoms with van der Waals surface area (Å²) in [6.07, 6.45) is 10.3. The number of unbranched alkanes of at least 4 members (excludes halogenated alkanes) is 4. The lowest BCUT2D eigenvalue weighted by molar-refractivity contribution is -0.152. The lowest BCUT2D eigenvalue weighted by atomic mass is 9.98. The zero-order valence-corrected chi connectivity index (χ0v) is 14.1. The quantitative estimate of drug-likeness (QED) is 0.517. The molecule has 0 radical (unpaired) electrons. The predicted octanol–water partition coefficient (Wildman–Crippen LogP) is 3.95.